The Balaban J connectivity index is 0.00000272. The van der Waals surface area contributed by atoms with Gasteiger partial charge in [0.05, 0.1) is 17.2 Å². The smallest absolute Gasteiger partial charge is 0.163 e. The zero-order chi connectivity index (χ0) is 21.4. The fourth-order valence-corrected chi connectivity index (χ4v) is 3.45. The van der Waals surface area contributed by atoms with Gasteiger partial charge in [0.1, 0.15) is 11.6 Å². The number of ether oxygens (including phenoxy) is 1. The first-order chi connectivity index (χ1) is 14.3. The van der Waals surface area contributed by atoms with Crippen LogP contribution in [0.4, 0.5) is 15.8 Å². The van der Waals surface area contributed by atoms with Crippen molar-refractivity contribution in [2.45, 2.75) is 26.9 Å². The molecule has 160 valence electrons. The Labute approximate surface area is 186 Å². The van der Waals surface area contributed by atoms with E-state index < -0.39 is 0 Å². The first-order valence-corrected chi connectivity index (χ1v) is 9.72. The first-order valence-electron chi connectivity index (χ1n) is 9.72. The molecule has 0 bridgehead atoms. The molecule has 4 aromatic rings. The third kappa shape index (κ3) is 4.25. The van der Waals surface area contributed by atoms with E-state index in [0.29, 0.717) is 34.0 Å². The molecule has 31 heavy (non-hydrogen) atoms. The summed E-state index contributed by atoms with van der Waals surface area (Å²) in [5.41, 5.74) is 17.3. The summed E-state index contributed by atoms with van der Waals surface area (Å²) in [5.74, 6) is 0.555. The van der Waals surface area contributed by atoms with E-state index >= 15 is 0 Å². The topological polar surface area (TPSA) is 87.0 Å². The van der Waals surface area contributed by atoms with Gasteiger partial charge in [-0.2, -0.15) is 0 Å². The van der Waals surface area contributed by atoms with Crippen molar-refractivity contribution in [3.05, 3.63) is 66.1 Å². The van der Waals surface area contributed by atoms with Crippen molar-refractivity contribution in [2.24, 2.45) is 0 Å². The molecule has 5 nitrogen and oxygen atoms in total. The summed E-state index contributed by atoms with van der Waals surface area (Å²) in [4.78, 5) is 9.30. The van der Waals surface area contributed by atoms with Gasteiger partial charge < -0.3 is 16.2 Å². The zero-order valence-corrected chi connectivity index (χ0v) is 18.3. The van der Waals surface area contributed by atoms with Gasteiger partial charge in [0, 0.05) is 40.2 Å². The molecule has 4 rings (SSSR count). The molecule has 0 aliphatic carbocycles. The van der Waals surface area contributed by atoms with Crippen molar-refractivity contribution in [2.75, 3.05) is 11.5 Å². The Morgan fingerprint density at radius 2 is 1.77 bits per heavy atom. The Kier molecular flexibility index (Phi) is 6.32. The molecule has 0 fully saturated rings. The third-order valence-corrected chi connectivity index (χ3v) is 4.93. The highest BCUT2D eigenvalue weighted by Crippen LogP contribution is 2.37. The fourth-order valence-electron chi connectivity index (χ4n) is 3.45. The van der Waals surface area contributed by atoms with Gasteiger partial charge in [0.2, 0.25) is 0 Å². The van der Waals surface area contributed by atoms with Crippen molar-refractivity contribution in [1.29, 1.82) is 0 Å². The van der Waals surface area contributed by atoms with Crippen LogP contribution in [0.2, 0.25) is 0 Å². The number of benzene rings is 3. The molecule has 0 aliphatic heterocycles. The molecular formula is C24H24ClFN4O. The zero-order valence-electron chi connectivity index (χ0n) is 17.5. The van der Waals surface area contributed by atoms with Gasteiger partial charge >= 0.3 is 0 Å². The molecule has 3 aromatic carbocycles. The molecular weight excluding hydrogens is 415 g/mol. The largest absolute Gasteiger partial charge is 0.490 e. The van der Waals surface area contributed by atoms with E-state index in [0.717, 1.165) is 22.1 Å². The van der Waals surface area contributed by atoms with Crippen LogP contribution < -0.4 is 16.2 Å². The maximum absolute atomic E-state index is 13.9. The normalized spacial score (nSPS) is 10.9. The molecule has 7 heteroatoms. The van der Waals surface area contributed by atoms with Gasteiger partial charge in [0.25, 0.3) is 0 Å². The van der Waals surface area contributed by atoms with Gasteiger partial charge in [-0.05, 0) is 44.5 Å². The fraction of sp³-hybridized carbons (Fsp3) is 0.167. The number of nitrogen functional groups attached to an aromatic ring is 2. The van der Waals surface area contributed by atoms with Crippen LogP contribution in [0.15, 0.2) is 54.7 Å². The lowest BCUT2D eigenvalue weighted by Crippen LogP contribution is -2.07. The molecule has 0 spiro atoms. The van der Waals surface area contributed by atoms with Crippen LogP contribution in [0.25, 0.3) is 33.4 Å². The van der Waals surface area contributed by atoms with E-state index in [9.17, 15) is 4.39 Å². The van der Waals surface area contributed by atoms with Crippen LogP contribution in [-0.2, 0) is 0 Å². The number of rotatable bonds is 4. The van der Waals surface area contributed by atoms with E-state index in [2.05, 4.69) is 4.98 Å². The average molecular weight is 439 g/mol. The number of aromatic nitrogens is 2. The predicted octanol–water partition coefficient (Wildman–Crippen LogP) is 5.78. The number of fused-ring (bicyclic) bond motifs is 1. The summed E-state index contributed by atoms with van der Waals surface area (Å²) in [7, 11) is 0. The summed E-state index contributed by atoms with van der Waals surface area (Å²) in [6, 6.07) is 14.0. The Morgan fingerprint density at radius 3 is 2.52 bits per heavy atom. The highest BCUT2D eigenvalue weighted by molar-refractivity contribution is 5.96. The van der Waals surface area contributed by atoms with Crippen LogP contribution in [0.1, 0.15) is 19.4 Å². The first kappa shape index (κ1) is 22.3. The highest BCUT2D eigenvalue weighted by atomic mass is 35.5. The number of hydrogen-bond acceptors (Lipinski definition) is 5. The molecule has 0 atom stereocenters. The van der Waals surface area contributed by atoms with Crippen LogP contribution in [0.5, 0.6) is 5.75 Å². The number of anilines is 2. The lowest BCUT2D eigenvalue weighted by Gasteiger charge is -2.16. The standard InChI is InChI=1S/C24H23FN4O.ClH/c1-13(2)30-20-11-16(25)8-9-17(20)18-6-4-5-15-12-28-24(29-23(15)18)21-19(26)10-7-14(3)22(21)27;/h4-13H,26-27H2,1-3H3;1H. The monoisotopic (exact) mass is 438 g/mol. The van der Waals surface area contributed by atoms with E-state index in [1.54, 1.807) is 18.3 Å². The second-order valence-corrected chi connectivity index (χ2v) is 7.50. The third-order valence-electron chi connectivity index (χ3n) is 4.93. The van der Waals surface area contributed by atoms with E-state index in [1.807, 2.05) is 45.0 Å². The summed E-state index contributed by atoms with van der Waals surface area (Å²) in [5, 5.41) is 0.848. The van der Waals surface area contributed by atoms with E-state index in [4.69, 9.17) is 21.2 Å². The predicted molar refractivity (Wildman–Crippen MR) is 127 cm³/mol. The lowest BCUT2D eigenvalue weighted by atomic mass is 10.0. The van der Waals surface area contributed by atoms with Gasteiger partial charge in [-0.3, -0.25) is 0 Å². The van der Waals surface area contributed by atoms with Gasteiger partial charge in [-0.15, -0.1) is 12.4 Å². The molecule has 0 unspecified atom stereocenters. The van der Waals surface area contributed by atoms with E-state index in [1.165, 1.54) is 12.1 Å². The molecule has 0 radical (unpaired) electrons. The van der Waals surface area contributed by atoms with Crippen molar-refractivity contribution < 1.29 is 9.13 Å². The molecule has 0 saturated heterocycles. The summed E-state index contributed by atoms with van der Waals surface area (Å²) in [6.07, 6.45) is 1.65. The second kappa shape index (κ2) is 8.78. The molecule has 0 aliphatic rings. The quantitative estimate of drug-likeness (QED) is 0.394. The molecule has 4 N–H and O–H groups in total. The van der Waals surface area contributed by atoms with Gasteiger partial charge in [0.15, 0.2) is 5.82 Å². The number of halogens is 2. The van der Waals surface area contributed by atoms with Crippen molar-refractivity contribution in [3.63, 3.8) is 0 Å². The van der Waals surface area contributed by atoms with Crippen LogP contribution in [-0.4, -0.2) is 16.1 Å². The lowest BCUT2D eigenvalue weighted by molar-refractivity contribution is 0.242. The maximum atomic E-state index is 13.9. The molecule has 1 aromatic heterocycles. The number of nitrogens with zero attached hydrogens (tertiary/aromatic N) is 2. The molecule has 1 heterocycles. The molecule has 0 amide bonds. The Bertz CT molecular complexity index is 1260. The van der Waals surface area contributed by atoms with Crippen LogP contribution in [0.3, 0.4) is 0 Å². The van der Waals surface area contributed by atoms with Crippen molar-refractivity contribution in [1.82, 2.24) is 9.97 Å². The SMILES string of the molecule is Cc1ccc(N)c(-c2ncc3cccc(-c4ccc(F)cc4OC(C)C)c3n2)c1N.Cl. The minimum atomic E-state index is -0.356. The van der Waals surface area contributed by atoms with Crippen LogP contribution >= 0.6 is 12.4 Å². The average Bonchev–Trinajstić information content (AvgIpc) is 2.70. The number of para-hydroxylation sites is 1. The maximum Gasteiger partial charge on any atom is 0.163 e. The second-order valence-electron chi connectivity index (χ2n) is 7.50. The summed E-state index contributed by atoms with van der Waals surface area (Å²) in [6.45, 7) is 5.72. The minimum Gasteiger partial charge on any atom is -0.490 e. The minimum absolute atomic E-state index is 0. The Morgan fingerprint density at radius 1 is 1.00 bits per heavy atom. The summed E-state index contributed by atoms with van der Waals surface area (Å²) >= 11 is 0. The van der Waals surface area contributed by atoms with Gasteiger partial charge in [-0.25, -0.2) is 14.4 Å². The number of aryl methyl sites for hydroxylation is 1. The van der Waals surface area contributed by atoms with E-state index in [-0.39, 0.29) is 24.3 Å². The van der Waals surface area contributed by atoms with Crippen molar-refractivity contribution >= 4 is 34.7 Å². The van der Waals surface area contributed by atoms with Gasteiger partial charge in [-0.1, -0.05) is 24.3 Å². The molecule has 0 saturated carbocycles. The number of hydrogen-bond donors (Lipinski definition) is 2. The summed E-state index contributed by atoms with van der Waals surface area (Å²) < 4.78 is 19.8. The Hall–Kier alpha value is -3.38. The number of nitrogens with two attached hydrogens (primary N) is 2. The van der Waals surface area contributed by atoms with Crippen molar-refractivity contribution in [3.8, 4) is 28.3 Å². The highest BCUT2D eigenvalue weighted by Gasteiger charge is 2.17. The van der Waals surface area contributed by atoms with Crippen LogP contribution in [0, 0.1) is 12.7 Å².